The highest BCUT2D eigenvalue weighted by Gasteiger charge is 2.25. The Balaban J connectivity index is 1.97. The third kappa shape index (κ3) is 2.55. The quantitative estimate of drug-likeness (QED) is 0.903. The molecule has 0 saturated carbocycles. The molecule has 0 aromatic carbocycles. The van der Waals surface area contributed by atoms with Crippen LogP contribution in [-0.4, -0.2) is 38.6 Å². The largest absolute Gasteiger partial charge is 0.370 e. The number of hydrogen-bond donors (Lipinski definition) is 1. The summed E-state index contributed by atoms with van der Waals surface area (Å²) in [7, 11) is 0. The van der Waals surface area contributed by atoms with E-state index in [1.807, 2.05) is 6.92 Å². The van der Waals surface area contributed by atoms with Gasteiger partial charge >= 0.3 is 0 Å². The van der Waals surface area contributed by atoms with Crippen LogP contribution >= 0.6 is 0 Å². The summed E-state index contributed by atoms with van der Waals surface area (Å²) in [5, 5.41) is 4.29. The third-order valence-corrected chi connectivity index (χ3v) is 4.18. The minimum Gasteiger partial charge on any atom is -0.370 e. The Morgan fingerprint density at radius 3 is 3.05 bits per heavy atom. The molecule has 7 nitrogen and oxygen atoms in total. The molecule has 0 bridgehead atoms. The third-order valence-electron chi connectivity index (χ3n) is 4.18. The van der Waals surface area contributed by atoms with E-state index in [0.29, 0.717) is 18.1 Å². The second kappa shape index (κ2) is 5.31. The van der Waals surface area contributed by atoms with Crippen molar-refractivity contribution in [1.29, 1.82) is 0 Å². The average Bonchev–Trinajstić information content (AvgIpc) is 2.87. The molecule has 7 heteroatoms. The highest BCUT2D eigenvalue weighted by atomic mass is 16.1. The van der Waals surface area contributed by atoms with Gasteiger partial charge in [0, 0.05) is 30.8 Å². The molecule has 1 amide bonds. The smallest absolute Gasteiger partial charge is 0.254 e. The van der Waals surface area contributed by atoms with Gasteiger partial charge in [0.05, 0.1) is 0 Å². The fraction of sp³-hybridized carbons (Fsp3) is 0.571. The minimum absolute atomic E-state index is 0.226. The Bertz CT molecular complexity index is 679. The number of hydrogen-bond acceptors (Lipinski definition) is 5. The van der Waals surface area contributed by atoms with Crippen molar-refractivity contribution in [3.63, 3.8) is 0 Å². The molecule has 1 fully saturated rings. The van der Waals surface area contributed by atoms with Gasteiger partial charge in [0.15, 0.2) is 0 Å². The van der Waals surface area contributed by atoms with Gasteiger partial charge in [0.2, 0.25) is 5.91 Å². The van der Waals surface area contributed by atoms with Crippen molar-refractivity contribution >= 4 is 17.5 Å². The first kappa shape index (κ1) is 13.8. The minimum atomic E-state index is -0.226. The van der Waals surface area contributed by atoms with Crippen LogP contribution in [0.3, 0.4) is 0 Å². The lowest BCUT2D eigenvalue weighted by Gasteiger charge is -2.34. The molecule has 0 radical (unpaired) electrons. The van der Waals surface area contributed by atoms with Gasteiger partial charge < -0.3 is 10.6 Å². The maximum absolute atomic E-state index is 11.2. The zero-order chi connectivity index (χ0) is 15.0. The number of anilines is 1. The standard InChI is InChI=1S/C14H20N6O/c1-9-10(2)18-14-16-8-17-20(14)13(9)19-5-3-4-11(7-19)6-12(15)21/h8,11H,3-7H2,1-2H3,(H2,15,21). The molecule has 2 aromatic rings. The molecule has 3 heterocycles. The molecule has 21 heavy (non-hydrogen) atoms. The van der Waals surface area contributed by atoms with E-state index in [0.717, 1.165) is 43.0 Å². The first-order chi connectivity index (χ1) is 10.1. The Hall–Kier alpha value is -2.18. The van der Waals surface area contributed by atoms with Gasteiger partial charge in [0.25, 0.3) is 5.78 Å². The molecule has 1 unspecified atom stereocenters. The molecule has 1 saturated heterocycles. The summed E-state index contributed by atoms with van der Waals surface area (Å²) in [6.07, 6.45) is 4.06. The Morgan fingerprint density at radius 1 is 1.48 bits per heavy atom. The van der Waals surface area contributed by atoms with Crippen LogP contribution in [0, 0.1) is 19.8 Å². The second-order valence-corrected chi connectivity index (χ2v) is 5.74. The molecule has 1 aliphatic heterocycles. The predicted octanol–water partition coefficient (Wildman–Crippen LogP) is 0.833. The number of nitrogens with zero attached hydrogens (tertiary/aromatic N) is 5. The Labute approximate surface area is 123 Å². The van der Waals surface area contributed by atoms with Crippen LogP contribution in [0.4, 0.5) is 5.82 Å². The fourth-order valence-electron chi connectivity index (χ4n) is 3.10. The van der Waals surface area contributed by atoms with Crippen molar-refractivity contribution in [2.24, 2.45) is 11.7 Å². The number of carbonyl (C=O) groups is 1. The summed E-state index contributed by atoms with van der Waals surface area (Å²) in [6, 6.07) is 0. The van der Waals surface area contributed by atoms with Crippen molar-refractivity contribution in [2.45, 2.75) is 33.1 Å². The summed E-state index contributed by atoms with van der Waals surface area (Å²) in [5.41, 5.74) is 7.41. The highest BCUT2D eigenvalue weighted by Crippen LogP contribution is 2.28. The van der Waals surface area contributed by atoms with Gasteiger partial charge in [-0.2, -0.15) is 14.6 Å². The van der Waals surface area contributed by atoms with Crippen molar-refractivity contribution in [3.8, 4) is 0 Å². The zero-order valence-corrected chi connectivity index (χ0v) is 12.4. The van der Waals surface area contributed by atoms with Crippen molar-refractivity contribution < 1.29 is 4.79 Å². The van der Waals surface area contributed by atoms with Crippen LogP contribution in [-0.2, 0) is 4.79 Å². The van der Waals surface area contributed by atoms with E-state index in [1.165, 1.54) is 6.33 Å². The zero-order valence-electron chi connectivity index (χ0n) is 12.4. The molecule has 2 N–H and O–H groups in total. The van der Waals surface area contributed by atoms with Crippen LogP contribution in [0.2, 0.25) is 0 Å². The van der Waals surface area contributed by atoms with Gasteiger partial charge in [-0.3, -0.25) is 4.79 Å². The van der Waals surface area contributed by atoms with E-state index in [-0.39, 0.29) is 5.91 Å². The van der Waals surface area contributed by atoms with Crippen LogP contribution in [0.25, 0.3) is 5.78 Å². The molecule has 1 atom stereocenters. The van der Waals surface area contributed by atoms with Crippen molar-refractivity contribution in [1.82, 2.24) is 19.6 Å². The van der Waals surface area contributed by atoms with E-state index in [1.54, 1.807) is 4.52 Å². The number of carbonyl (C=O) groups excluding carboxylic acids is 1. The maximum atomic E-state index is 11.2. The number of aromatic nitrogens is 4. The summed E-state index contributed by atoms with van der Waals surface area (Å²) in [6.45, 7) is 5.81. The number of primary amides is 1. The number of fused-ring (bicyclic) bond motifs is 1. The maximum Gasteiger partial charge on any atom is 0.254 e. The molecular formula is C14H20N6O. The van der Waals surface area contributed by atoms with Gasteiger partial charge in [-0.1, -0.05) is 0 Å². The number of aryl methyl sites for hydroxylation is 1. The lowest BCUT2D eigenvalue weighted by atomic mass is 9.94. The van der Waals surface area contributed by atoms with Gasteiger partial charge in [-0.15, -0.1) is 0 Å². The Morgan fingerprint density at radius 2 is 2.29 bits per heavy atom. The Kier molecular flexibility index (Phi) is 3.48. The lowest BCUT2D eigenvalue weighted by Crippen LogP contribution is -2.38. The summed E-state index contributed by atoms with van der Waals surface area (Å²) >= 11 is 0. The average molecular weight is 288 g/mol. The summed E-state index contributed by atoms with van der Waals surface area (Å²) < 4.78 is 1.79. The number of rotatable bonds is 3. The molecule has 0 spiro atoms. The summed E-state index contributed by atoms with van der Waals surface area (Å²) in [5.74, 6) is 1.73. The van der Waals surface area contributed by atoms with Gasteiger partial charge in [-0.05, 0) is 32.6 Å². The second-order valence-electron chi connectivity index (χ2n) is 5.74. The van der Waals surface area contributed by atoms with Gasteiger partial charge in [0.1, 0.15) is 12.1 Å². The monoisotopic (exact) mass is 288 g/mol. The topological polar surface area (TPSA) is 89.4 Å². The molecular weight excluding hydrogens is 268 g/mol. The van der Waals surface area contributed by atoms with Crippen LogP contribution in [0.15, 0.2) is 6.33 Å². The van der Waals surface area contributed by atoms with E-state index in [2.05, 4.69) is 26.9 Å². The normalized spacial score (nSPS) is 19.1. The molecule has 3 rings (SSSR count). The van der Waals surface area contributed by atoms with Crippen molar-refractivity contribution in [2.75, 3.05) is 18.0 Å². The SMILES string of the molecule is Cc1nc2ncnn2c(N2CCCC(CC(N)=O)C2)c1C. The van der Waals surface area contributed by atoms with Crippen LogP contribution in [0.1, 0.15) is 30.5 Å². The number of nitrogens with two attached hydrogens (primary N) is 1. The summed E-state index contributed by atoms with van der Waals surface area (Å²) in [4.78, 5) is 22.1. The predicted molar refractivity (Wildman–Crippen MR) is 79.0 cm³/mol. The molecule has 112 valence electrons. The number of piperidine rings is 1. The molecule has 2 aromatic heterocycles. The first-order valence-corrected chi connectivity index (χ1v) is 7.26. The molecule has 0 aliphatic carbocycles. The van der Waals surface area contributed by atoms with E-state index in [9.17, 15) is 4.79 Å². The van der Waals surface area contributed by atoms with Gasteiger partial charge in [-0.25, -0.2) is 4.98 Å². The number of amides is 1. The van der Waals surface area contributed by atoms with Crippen molar-refractivity contribution in [3.05, 3.63) is 17.6 Å². The van der Waals surface area contributed by atoms with E-state index >= 15 is 0 Å². The van der Waals surface area contributed by atoms with Crippen LogP contribution in [0.5, 0.6) is 0 Å². The fourth-order valence-corrected chi connectivity index (χ4v) is 3.10. The lowest BCUT2D eigenvalue weighted by molar-refractivity contribution is -0.118. The van der Waals surface area contributed by atoms with Crippen LogP contribution < -0.4 is 10.6 Å². The van der Waals surface area contributed by atoms with E-state index < -0.39 is 0 Å². The highest BCUT2D eigenvalue weighted by molar-refractivity contribution is 5.74. The first-order valence-electron chi connectivity index (χ1n) is 7.26. The molecule has 1 aliphatic rings. The van der Waals surface area contributed by atoms with E-state index in [4.69, 9.17) is 5.73 Å².